The highest BCUT2D eigenvalue weighted by molar-refractivity contribution is 5.74. The predicted octanol–water partition coefficient (Wildman–Crippen LogP) is -0.343. The maximum Gasteiger partial charge on any atom is 0.329 e. The van der Waals surface area contributed by atoms with Gasteiger partial charge < -0.3 is 24.8 Å². The standard InChI is InChI=1S/C18H23N5O5/c1-22-15-14(16(26)21-18(22)27)23(17(20-15)19-8-5-9-24)10-12(25)11-28-13-6-3-2-4-7-13/h2-4,6-7,12,24-25H,5,8-11H2,1H3,(H,19,20)(H,21,26,27)/t12-/m0/s1. The molecule has 0 unspecified atom stereocenters. The van der Waals surface area contributed by atoms with E-state index in [1.54, 1.807) is 12.1 Å². The lowest BCUT2D eigenvalue weighted by Gasteiger charge is -2.15. The van der Waals surface area contributed by atoms with Gasteiger partial charge in [-0.05, 0) is 18.6 Å². The normalized spacial score (nSPS) is 12.2. The number of benzene rings is 1. The molecule has 28 heavy (non-hydrogen) atoms. The van der Waals surface area contributed by atoms with Crippen LogP contribution < -0.4 is 21.3 Å². The molecule has 10 nitrogen and oxygen atoms in total. The number of aliphatic hydroxyl groups excluding tert-OH is 2. The minimum atomic E-state index is -0.923. The Balaban J connectivity index is 1.88. The van der Waals surface area contributed by atoms with Gasteiger partial charge in [0.2, 0.25) is 5.95 Å². The minimum absolute atomic E-state index is 0.000160. The van der Waals surface area contributed by atoms with Crippen molar-refractivity contribution in [2.45, 2.75) is 19.1 Å². The smallest absolute Gasteiger partial charge is 0.329 e. The molecule has 0 saturated heterocycles. The second kappa shape index (κ2) is 8.72. The quantitative estimate of drug-likeness (QED) is 0.368. The van der Waals surface area contributed by atoms with Crippen LogP contribution in [0, 0.1) is 0 Å². The lowest BCUT2D eigenvalue weighted by atomic mass is 10.3. The third-order valence-corrected chi connectivity index (χ3v) is 4.20. The van der Waals surface area contributed by atoms with Crippen molar-refractivity contribution >= 4 is 17.1 Å². The average molecular weight is 389 g/mol. The fourth-order valence-electron chi connectivity index (χ4n) is 2.80. The van der Waals surface area contributed by atoms with Gasteiger partial charge >= 0.3 is 5.69 Å². The van der Waals surface area contributed by atoms with Gasteiger partial charge in [-0.2, -0.15) is 4.98 Å². The number of fused-ring (bicyclic) bond motifs is 1. The fraction of sp³-hybridized carbons (Fsp3) is 0.389. The lowest BCUT2D eigenvalue weighted by molar-refractivity contribution is 0.0938. The van der Waals surface area contributed by atoms with Crippen LogP contribution in [0.1, 0.15) is 6.42 Å². The summed E-state index contributed by atoms with van der Waals surface area (Å²) >= 11 is 0. The van der Waals surface area contributed by atoms with Crippen LogP contribution in [0.2, 0.25) is 0 Å². The number of aryl methyl sites for hydroxylation is 1. The van der Waals surface area contributed by atoms with E-state index in [2.05, 4.69) is 15.3 Å². The van der Waals surface area contributed by atoms with E-state index >= 15 is 0 Å². The van der Waals surface area contributed by atoms with E-state index in [1.165, 1.54) is 16.2 Å². The Hall–Kier alpha value is -3.11. The maximum absolute atomic E-state index is 12.4. The molecule has 3 rings (SSSR count). The molecular formula is C18H23N5O5. The van der Waals surface area contributed by atoms with Crippen LogP contribution in [-0.4, -0.2) is 55.2 Å². The summed E-state index contributed by atoms with van der Waals surface area (Å²) < 4.78 is 8.31. The van der Waals surface area contributed by atoms with E-state index in [-0.39, 0.29) is 30.9 Å². The first kappa shape index (κ1) is 19.6. The molecule has 10 heteroatoms. The van der Waals surface area contributed by atoms with Crippen molar-refractivity contribution in [3.8, 4) is 5.75 Å². The average Bonchev–Trinajstić information content (AvgIpc) is 3.04. The van der Waals surface area contributed by atoms with Gasteiger partial charge in [0.25, 0.3) is 5.56 Å². The molecule has 0 spiro atoms. The van der Waals surface area contributed by atoms with E-state index in [1.807, 2.05) is 18.2 Å². The maximum atomic E-state index is 12.4. The number of ether oxygens (including phenoxy) is 1. The summed E-state index contributed by atoms with van der Waals surface area (Å²) in [6.45, 7) is 0.470. The van der Waals surface area contributed by atoms with E-state index in [9.17, 15) is 14.7 Å². The van der Waals surface area contributed by atoms with Gasteiger partial charge in [-0.15, -0.1) is 0 Å². The minimum Gasteiger partial charge on any atom is -0.491 e. The molecule has 0 aliphatic heterocycles. The van der Waals surface area contributed by atoms with Crippen molar-refractivity contribution in [3.05, 3.63) is 51.2 Å². The molecule has 1 atom stereocenters. The molecule has 0 aliphatic carbocycles. The van der Waals surface area contributed by atoms with Gasteiger partial charge in [-0.1, -0.05) is 18.2 Å². The van der Waals surface area contributed by atoms with Crippen LogP contribution in [0.15, 0.2) is 39.9 Å². The van der Waals surface area contributed by atoms with Gasteiger partial charge in [0.1, 0.15) is 18.5 Å². The van der Waals surface area contributed by atoms with E-state index < -0.39 is 17.4 Å². The summed E-state index contributed by atoms with van der Waals surface area (Å²) in [5.74, 6) is 0.951. The summed E-state index contributed by atoms with van der Waals surface area (Å²) in [4.78, 5) is 30.8. The number of H-pyrrole nitrogens is 1. The van der Waals surface area contributed by atoms with Crippen LogP contribution in [0.4, 0.5) is 5.95 Å². The Morgan fingerprint density at radius 3 is 2.75 bits per heavy atom. The number of aromatic amines is 1. The molecule has 3 aromatic rings. The first-order valence-corrected chi connectivity index (χ1v) is 8.91. The third kappa shape index (κ3) is 4.24. The zero-order valence-corrected chi connectivity index (χ0v) is 15.5. The number of rotatable bonds is 9. The molecule has 1 aromatic carbocycles. The van der Waals surface area contributed by atoms with Crippen LogP contribution in [-0.2, 0) is 13.6 Å². The molecule has 0 amide bonds. The van der Waals surface area contributed by atoms with Crippen LogP contribution in [0.3, 0.4) is 0 Å². The molecule has 0 saturated carbocycles. The number of hydrogen-bond donors (Lipinski definition) is 4. The van der Waals surface area contributed by atoms with Gasteiger partial charge in [0.15, 0.2) is 11.2 Å². The van der Waals surface area contributed by atoms with E-state index in [0.29, 0.717) is 24.7 Å². The molecular weight excluding hydrogens is 366 g/mol. The van der Waals surface area contributed by atoms with Crippen molar-refractivity contribution in [2.24, 2.45) is 7.05 Å². The highest BCUT2D eigenvalue weighted by Gasteiger charge is 2.19. The number of anilines is 1. The second-order valence-corrected chi connectivity index (χ2v) is 6.32. The van der Waals surface area contributed by atoms with Crippen LogP contribution in [0.5, 0.6) is 5.75 Å². The van der Waals surface area contributed by atoms with Crippen molar-refractivity contribution in [1.82, 2.24) is 19.1 Å². The van der Waals surface area contributed by atoms with Crippen LogP contribution in [0.25, 0.3) is 11.2 Å². The monoisotopic (exact) mass is 389 g/mol. The molecule has 2 heterocycles. The Labute approximate surface area is 160 Å². The van der Waals surface area contributed by atoms with Crippen molar-refractivity contribution < 1.29 is 14.9 Å². The SMILES string of the molecule is Cn1c(=O)[nH]c(=O)c2c1nc(NCCCO)n2C[C@H](O)COc1ccccc1. The predicted molar refractivity (Wildman–Crippen MR) is 104 cm³/mol. The summed E-state index contributed by atoms with van der Waals surface area (Å²) in [7, 11) is 1.50. The van der Waals surface area contributed by atoms with Crippen molar-refractivity contribution in [1.29, 1.82) is 0 Å². The van der Waals surface area contributed by atoms with Crippen molar-refractivity contribution in [2.75, 3.05) is 25.1 Å². The van der Waals surface area contributed by atoms with Gasteiger partial charge in [-0.25, -0.2) is 4.79 Å². The number of nitrogens with zero attached hydrogens (tertiary/aromatic N) is 3. The Morgan fingerprint density at radius 1 is 1.29 bits per heavy atom. The molecule has 4 N–H and O–H groups in total. The topological polar surface area (TPSA) is 134 Å². The Kier molecular flexibility index (Phi) is 6.12. The third-order valence-electron chi connectivity index (χ3n) is 4.20. The summed E-state index contributed by atoms with van der Waals surface area (Å²) in [5, 5.41) is 22.4. The van der Waals surface area contributed by atoms with E-state index in [4.69, 9.17) is 9.84 Å². The van der Waals surface area contributed by atoms with Crippen LogP contribution >= 0.6 is 0 Å². The molecule has 0 fully saturated rings. The molecule has 0 radical (unpaired) electrons. The zero-order chi connectivity index (χ0) is 20.1. The molecule has 0 bridgehead atoms. The lowest BCUT2D eigenvalue weighted by Crippen LogP contribution is -2.31. The second-order valence-electron chi connectivity index (χ2n) is 6.32. The van der Waals surface area contributed by atoms with Gasteiger partial charge in [0, 0.05) is 20.2 Å². The first-order valence-electron chi connectivity index (χ1n) is 8.91. The fourth-order valence-corrected chi connectivity index (χ4v) is 2.80. The number of para-hydroxylation sites is 1. The number of imidazole rings is 1. The zero-order valence-electron chi connectivity index (χ0n) is 15.5. The van der Waals surface area contributed by atoms with Gasteiger partial charge in [-0.3, -0.25) is 14.3 Å². The first-order chi connectivity index (χ1) is 13.5. The highest BCUT2D eigenvalue weighted by atomic mass is 16.5. The number of nitrogens with one attached hydrogen (secondary N) is 2. The molecule has 150 valence electrons. The number of hydrogen-bond acceptors (Lipinski definition) is 7. The van der Waals surface area contributed by atoms with Crippen molar-refractivity contribution in [3.63, 3.8) is 0 Å². The van der Waals surface area contributed by atoms with Gasteiger partial charge in [0.05, 0.1) is 6.54 Å². The summed E-state index contributed by atoms with van der Waals surface area (Å²) in [5.41, 5.74) is -0.780. The summed E-state index contributed by atoms with van der Waals surface area (Å²) in [6, 6.07) is 9.08. The Bertz CT molecular complexity index is 1040. The Morgan fingerprint density at radius 2 is 2.04 bits per heavy atom. The highest BCUT2D eigenvalue weighted by Crippen LogP contribution is 2.17. The summed E-state index contributed by atoms with van der Waals surface area (Å²) in [6.07, 6.45) is -0.439. The van der Waals surface area contributed by atoms with E-state index in [0.717, 1.165) is 0 Å². The number of aliphatic hydroxyl groups is 2. The number of aromatic nitrogens is 4. The molecule has 0 aliphatic rings. The largest absolute Gasteiger partial charge is 0.491 e. The molecule has 2 aromatic heterocycles.